The average Bonchev–Trinajstić information content (AvgIpc) is 2.14. The summed E-state index contributed by atoms with van der Waals surface area (Å²) in [6.07, 6.45) is 3.85. The first kappa shape index (κ1) is 10.7. The van der Waals surface area contributed by atoms with Crippen LogP contribution in [-0.2, 0) is 0 Å². The fraction of sp³-hybridized carbons (Fsp3) is 0.250. The summed E-state index contributed by atoms with van der Waals surface area (Å²) in [5.41, 5.74) is 8.23. The first-order chi connectivity index (χ1) is 6.65. The maximum Gasteiger partial charge on any atom is 0.160 e. The van der Waals surface area contributed by atoms with Crippen molar-refractivity contribution in [3.63, 3.8) is 0 Å². The summed E-state index contributed by atoms with van der Waals surface area (Å²) in [6, 6.07) is 5.77. The Morgan fingerprint density at radius 2 is 2.21 bits per heavy atom. The zero-order chi connectivity index (χ0) is 10.6. The molecule has 2 heteroatoms. The minimum atomic E-state index is 0.108. The molecule has 0 amide bonds. The van der Waals surface area contributed by atoms with E-state index in [1.54, 1.807) is 6.92 Å². The largest absolute Gasteiger partial charge is 0.327 e. The standard InChI is InChI=1S/C12H15NO/c1-9-8-11(4-3-7-13)5-6-12(9)10(2)14/h3-6,8H,7,13H2,1-2H3. The number of aryl methyl sites for hydroxylation is 1. The summed E-state index contributed by atoms with van der Waals surface area (Å²) in [5, 5.41) is 0. The number of ketones is 1. The van der Waals surface area contributed by atoms with Crippen LogP contribution >= 0.6 is 0 Å². The van der Waals surface area contributed by atoms with Crippen molar-refractivity contribution in [2.75, 3.05) is 6.54 Å². The number of Topliss-reactive ketones (excluding diaryl/α,β-unsaturated/α-hetero) is 1. The van der Waals surface area contributed by atoms with Crippen molar-refractivity contribution in [2.24, 2.45) is 5.73 Å². The second kappa shape index (κ2) is 4.72. The van der Waals surface area contributed by atoms with E-state index in [0.717, 1.165) is 16.7 Å². The third kappa shape index (κ3) is 2.54. The van der Waals surface area contributed by atoms with Crippen LogP contribution in [0.1, 0.15) is 28.4 Å². The molecule has 0 heterocycles. The highest BCUT2D eigenvalue weighted by atomic mass is 16.1. The van der Waals surface area contributed by atoms with Crippen LogP contribution in [0.25, 0.3) is 6.08 Å². The van der Waals surface area contributed by atoms with Crippen molar-refractivity contribution < 1.29 is 4.79 Å². The Hall–Kier alpha value is -1.41. The van der Waals surface area contributed by atoms with Gasteiger partial charge in [-0.15, -0.1) is 0 Å². The van der Waals surface area contributed by atoms with Gasteiger partial charge in [-0.05, 0) is 25.0 Å². The van der Waals surface area contributed by atoms with Gasteiger partial charge in [0.05, 0.1) is 0 Å². The molecule has 1 aromatic rings. The molecule has 0 atom stereocenters. The van der Waals surface area contributed by atoms with Crippen LogP contribution in [0.5, 0.6) is 0 Å². The van der Waals surface area contributed by atoms with Gasteiger partial charge in [0.25, 0.3) is 0 Å². The van der Waals surface area contributed by atoms with E-state index in [2.05, 4.69) is 0 Å². The van der Waals surface area contributed by atoms with E-state index < -0.39 is 0 Å². The number of carbonyl (C=O) groups is 1. The Bertz CT molecular complexity index is 367. The van der Waals surface area contributed by atoms with Gasteiger partial charge in [-0.3, -0.25) is 4.79 Å². The molecule has 0 radical (unpaired) electrons. The van der Waals surface area contributed by atoms with E-state index >= 15 is 0 Å². The molecule has 14 heavy (non-hydrogen) atoms. The second-order valence-corrected chi connectivity index (χ2v) is 3.27. The van der Waals surface area contributed by atoms with E-state index in [9.17, 15) is 4.79 Å². The molecule has 0 aliphatic rings. The molecule has 0 aromatic heterocycles. The molecule has 0 saturated heterocycles. The predicted molar refractivity (Wildman–Crippen MR) is 59.3 cm³/mol. The Labute approximate surface area is 84.4 Å². The average molecular weight is 189 g/mol. The molecule has 0 fully saturated rings. The normalized spacial score (nSPS) is 10.8. The topological polar surface area (TPSA) is 43.1 Å². The Morgan fingerprint density at radius 3 is 2.71 bits per heavy atom. The molecule has 0 unspecified atom stereocenters. The van der Waals surface area contributed by atoms with Crippen molar-refractivity contribution in [2.45, 2.75) is 13.8 Å². The van der Waals surface area contributed by atoms with Gasteiger partial charge in [-0.2, -0.15) is 0 Å². The number of rotatable bonds is 3. The van der Waals surface area contributed by atoms with E-state index in [4.69, 9.17) is 5.73 Å². The maximum atomic E-state index is 11.2. The van der Waals surface area contributed by atoms with Gasteiger partial charge in [-0.1, -0.05) is 30.4 Å². The van der Waals surface area contributed by atoms with Crippen LogP contribution in [0.15, 0.2) is 24.3 Å². The van der Waals surface area contributed by atoms with Crippen LogP contribution in [0.2, 0.25) is 0 Å². The maximum absolute atomic E-state index is 11.2. The van der Waals surface area contributed by atoms with Crippen LogP contribution in [0.4, 0.5) is 0 Å². The predicted octanol–water partition coefficient (Wildman–Crippen LogP) is 2.17. The minimum Gasteiger partial charge on any atom is -0.327 e. The van der Waals surface area contributed by atoms with Gasteiger partial charge in [0.1, 0.15) is 0 Å². The highest BCUT2D eigenvalue weighted by Crippen LogP contribution is 2.12. The molecular formula is C12H15NO. The van der Waals surface area contributed by atoms with Gasteiger partial charge in [0.2, 0.25) is 0 Å². The summed E-state index contributed by atoms with van der Waals surface area (Å²) in [5.74, 6) is 0.108. The molecule has 0 spiro atoms. The summed E-state index contributed by atoms with van der Waals surface area (Å²) >= 11 is 0. The zero-order valence-electron chi connectivity index (χ0n) is 8.58. The zero-order valence-corrected chi connectivity index (χ0v) is 8.58. The lowest BCUT2D eigenvalue weighted by Gasteiger charge is -2.02. The van der Waals surface area contributed by atoms with E-state index in [0.29, 0.717) is 6.54 Å². The summed E-state index contributed by atoms with van der Waals surface area (Å²) < 4.78 is 0. The highest BCUT2D eigenvalue weighted by molar-refractivity contribution is 5.95. The van der Waals surface area contributed by atoms with Gasteiger partial charge >= 0.3 is 0 Å². The van der Waals surface area contributed by atoms with E-state index in [1.807, 2.05) is 37.3 Å². The molecule has 2 N–H and O–H groups in total. The van der Waals surface area contributed by atoms with Crippen molar-refractivity contribution in [1.82, 2.24) is 0 Å². The fourth-order valence-electron chi connectivity index (χ4n) is 1.39. The van der Waals surface area contributed by atoms with E-state index in [-0.39, 0.29) is 5.78 Å². The van der Waals surface area contributed by atoms with E-state index in [1.165, 1.54) is 0 Å². The quantitative estimate of drug-likeness (QED) is 0.740. The van der Waals surface area contributed by atoms with Gasteiger partial charge in [0, 0.05) is 12.1 Å². The van der Waals surface area contributed by atoms with Crippen molar-refractivity contribution in [3.8, 4) is 0 Å². The third-order valence-corrected chi connectivity index (χ3v) is 2.08. The lowest BCUT2D eigenvalue weighted by molar-refractivity contribution is 0.101. The Morgan fingerprint density at radius 1 is 1.50 bits per heavy atom. The lowest BCUT2D eigenvalue weighted by Crippen LogP contribution is -1.96. The summed E-state index contributed by atoms with van der Waals surface area (Å²) in [6.45, 7) is 4.06. The molecule has 2 nitrogen and oxygen atoms in total. The smallest absolute Gasteiger partial charge is 0.160 e. The first-order valence-corrected chi connectivity index (χ1v) is 4.63. The van der Waals surface area contributed by atoms with Crippen LogP contribution in [-0.4, -0.2) is 12.3 Å². The molecule has 74 valence electrons. The van der Waals surface area contributed by atoms with Crippen molar-refractivity contribution in [3.05, 3.63) is 41.0 Å². The monoisotopic (exact) mass is 189 g/mol. The summed E-state index contributed by atoms with van der Waals surface area (Å²) in [7, 11) is 0. The van der Waals surface area contributed by atoms with Crippen LogP contribution in [0, 0.1) is 6.92 Å². The number of hydrogen-bond donors (Lipinski definition) is 1. The molecular weight excluding hydrogens is 174 g/mol. The molecule has 0 bridgehead atoms. The molecule has 1 rings (SSSR count). The number of hydrogen-bond acceptors (Lipinski definition) is 2. The number of benzene rings is 1. The molecule has 0 saturated carbocycles. The Kier molecular flexibility index (Phi) is 3.60. The second-order valence-electron chi connectivity index (χ2n) is 3.27. The summed E-state index contributed by atoms with van der Waals surface area (Å²) in [4.78, 5) is 11.2. The molecule has 1 aromatic carbocycles. The molecule has 0 aliphatic carbocycles. The van der Waals surface area contributed by atoms with Gasteiger partial charge < -0.3 is 5.73 Å². The minimum absolute atomic E-state index is 0.108. The SMILES string of the molecule is CC(=O)c1ccc(C=CCN)cc1C. The highest BCUT2D eigenvalue weighted by Gasteiger charge is 2.02. The van der Waals surface area contributed by atoms with Gasteiger partial charge in [-0.25, -0.2) is 0 Å². The van der Waals surface area contributed by atoms with Crippen LogP contribution < -0.4 is 5.73 Å². The fourth-order valence-corrected chi connectivity index (χ4v) is 1.39. The van der Waals surface area contributed by atoms with Crippen molar-refractivity contribution >= 4 is 11.9 Å². The lowest BCUT2D eigenvalue weighted by atomic mass is 10.0. The number of carbonyl (C=O) groups excluding carboxylic acids is 1. The number of nitrogens with two attached hydrogens (primary N) is 1. The van der Waals surface area contributed by atoms with Crippen LogP contribution in [0.3, 0.4) is 0 Å². The first-order valence-electron chi connectivity index (χ1n) is 4.63. The third-order valence-electron chi connectivity index (χ3n) is 2.08. The Balaban J connectivity index is 3.00. The van der Waals surface area contributed by atoms with Crippen molar-refractivity contribution in [1.29, 1.82) is 0 Å². The van der Waals surface area contributed by atoms with Gasteiger partial charge in [0.15, 0.2) is 5.78 Å². The molecule has 0 aliphatic heterocycles.